The van der Waals surface area contributed by atoms with E-state index in [1.54, 1.807) is 19.6 Å². The molecule has 0 aliphatic heterocycles. The molecule has 0 bridgehead atoms. The zero-order valence-electron chi connectivity index (χ0n) is 13.8. The summed E-state index contributed by atoms with van der Waals surface area (Å²) in [6.45, 7) is 0.431. The molecule has 0 atom stereocenters. The van der Waals surface area contributed by atoms with Crippen LogP contribution in [-0.4, -0.2) is 21.6 Å². The van der Waals surface area contributed by atoms with E-state index < -0.39 is 0 Å². The summed E-state index contributed by atoms with van der Waals surface area (Å²) in [6.07, 6.45) is 3.52. The molecule has 0 amide bonds. The van der Waals surface area contributed by atoms with Crippen molar-refractivity contribution in [2.45, 2.75) is 6.61 Å². The Kier molecular flexibility index (Phi) is 4.04. The van der Waals surface area contributed by atoms with E-state index in [2.05, 4.69) is 9.97 Å². The largest absolute Gasteiger partial charge is 0.497 e. The average Bonchev–Trinajstić information content (AvgIpc) is 3.11. The Hall–Kier alpha value is -3.34. The molecule has 0 aliphatic rings. The normalized spacial score (nSPS) is 10.8. The van der Waals surface area contributed by atoms with Crippen LogP contribution in [0.5, 0.6) is 11.6 Å². The Balaban J connectivity index is 1.62. The van der Waals surface area contributed by atoms with Crippen molar-refractivity contribution in [2.24, 2.45) is 0 Å². The van der Waals surface area contributed by atoms with Gasteiger partial charge in [-0.2, -0.15) is 0 Å². The topological polar surface area (TPSA) is 49.2 Å². The van der Waals surface area contributed by atoms with Crippen molar-refractivity contribution >= 4 is 11.0 Å². The summed E-state index contributed by atoms with van der Waals surface area (Å²) < 4.78 is 13.1. The second kappa shape index (κ2) is 6.65. The molecule has 5 nitrogen and oxygen atoms in total. The van der Waals surface area contributed by atoms with Gasteiger partial charge in [-0.1, -0.05) is 24.3 Å². The van der Waals surface area contributed by atoms with E-state index in [1.807, 2.05) is 65.2 Å². The van der Waals surface area contributed by atoms with Gasteiger partial charge in [0.15, 0.2) is 0 Å². The molecule has 2 heterocycles. The van der Waals surface area contributed by atoms with Crippen LogP contribution in [0.3, 0.4) is 0 Å². The molecule has 0 radical (unpaired) electrons. The SMILES string of the molecule is COc1ccc(COc2ncccc2-n2cnc3ccccc32)cc1. The molecule has 4 aromatic rings. The molecule has 4 rings (SSSR count). The smallest absolute Gasteiger partial charge is 0.238 e. The summed E-state index contributed by atoms with van der Waals surface area (Å²) in [5.41, 5.74) is 3.87. The molecule has 0 spiro atoms. The first-order valence-electron chi connectivity index (χ1n) is 7.98. The molecule has 2 aromatic heterocycles. The third-order valence-electron chi connectivity index (χ3n) is 4.00. The number of benzene rings is 2. The fourth-order valence-corrected chi connectivity index (χ4v) is 2.70. The Morgan fingerprint density at radius 3 is 2.60 bits per heavy atom. The fraction of sp³-hybridized carbons (Fsp3) is 0.100. The van der Waals surface area contributed by atoms with Crippen LogP contribution < -0.4 is 9.47 Å². The summed E-state index contributed by atoms with van der Waals surface area (Å²) in [4.78, 5) is 8.83. The highest BCUT2D eigenvalue weighted by atomic mass is 16.5. The van der Waals surface area contributed by atoms with Crippen LogP contribution in [-0.2, 0) is 6.61 Å². The molecule has 0 aliphatic carbocycles. The molecule has 0 fully saturated rings. The Bertz CT molecular complexity index is 993. The van der Waals surface area contributed by atoms with Crippen LogP contribution in [0.2, 0.25) is 0 Å². The molecule has 0 saturated heterocycles. The van der Waals surface area contributed by atoms with Gasteiger partial charge < -0.3 is 9.47 Å². The first-order chi connectivity index (χ1) is 12.3. The number of para-hydroxylation sites is 2. The molecule has 5 heteroatoms. The lowest BCUT2D eigenvalue weighted by atomic mass is 10.2. The van der Waals surface area contributed by atoms with E-state index in [-0.39, 0.29) is 0 Å². The monoisotopic (exact) mass is 331 g/mol. The van der Waals surface area contributed by atoms with Gasteiger partial charge in [-0.05, 0) is 42.0 Å². The summed E-state index contributed by atoms with van der Waals surface area (Å²) >= 11 is 0. The number of hydrogen-bond acceptors (Lipinski definition) is 4. The first kappa shape index (κ1) is 15.2. The van der Waals surface area contributed by atoms with Crippen LogP contribution in [0.15, 0.2) is 73.2 Å². The Labute approximate surface area is 145 Å². The van der Waals surface area contributed by atoms with Crippen LogP contribution in [0, 0.1) is 0 Å². The summed E-state index contributed by atoms with van der Waals surface area (Å²) in [5.74, 6) is 1.40. The summed E-state index contributed by atoms with van der Waals surface area (Å²) in [5, 5.41) is 0. The highest BCUT2D eigenvalue weighted by Gasteiger charge is 2.10. The highest BCUT2D eigenvalue weighted by Crippen LogP contribution is 2.25. The number of nitrogens with zero attached hydrogens (tertiary/aromatic N) is 3. The lowest BCUT2D eigenvalue weighted by molar-refractivity contribution is 0.293. The predicted molar refractivity (Wildman–Crippen MR) is 96.2 cm³/mol. The number of hydrogen-bond donors (Lipinski definition) is 0. The maximum Gasteiger partial charge on any atom is 0.238 e. The van der Waals surface area contributed by atoms with Crippen LogP contribution in [0.25, 0.3) is 16.7 Å². The van der Waals surface area contributed by atoms with Gasteiger partial charge in [0, 0.05) is 6.20 Å². The number of aromatic nitrogens is 3. The lowest BCUT2D eigenvalue weighted by Gasteiger charge is -2.11. The second-order valence-electron chi connectivity index (χ2n) is 5.57. The van der Waals surface area contributed by atoms with Crippen molar-refractivity contribution in [3.8, 4) is 17.3 Å². The van der Waals surface area contributed by atoms with Crippen molar-refractivity contribution in [2.75, 3.05) is 7.11 Å². The number of rotatable bonds is 5. The molecule has 25 heavy (non-hydrogen) atoms. The molecular formula is C20H17N3O2. The first-order valence-corrected chi connectivity index (χ1v) is 7.98. The number of ether oxygens (including phenoxy) is 2. The van der Waals surface area contributed by atoms with E-state index in [4.69, 9.17) is 9.47 Å². The van der Waals surface area contributed by atoms with E-state index in [1.165, 1.54) is 0 Å². The molecule has 124 valence electrons. The van der Waals surface area contributed by atoms with E-state index in [9.17, 15) is 0 Å². The Morgan fingerprint density at radius 2 is 1.76 bits per heavy atom. The summed E-state index contributed by atoms with van der Waals surface area (Å²) in [7, 11) is 1.65. The number of methoxy groups -OCH3 is 1. The predicted octanol–water partition coefficient (Wildman–Crippen LogP) is 4.01. The minimum absolute atomic E-state index is 0.431. The molecule has 0 unspecified atom stereocenters. The van der Waals surface area contributed by atoms with Crippen molar-refractivity contribution in [1.82, 2.24) is 14.5 Å². The van der Waals surface area contributed by atoms with Gasteiger partial charge in [-0.3, -0.25) is 4.57 Å². The van der Waals surface area contributed by atoms with Gasteiger partial charge in [0.2, 0.25) is 5.88 Å². The minimum atomic E-state index is 0.431. The van der Waals surface area contributed by atoms with Crippen molar-refractivity contribution in [3.63, 3.8) is 0 Å². The van der Waals surface area contributed by atoms with Crippen LogP contribution >= 0.6 is 0 Å². The maximum absolute atomic E-state index is 5.97. The lowest BCUT2D eigenvalue weighted by Crippen LogP contribution is -2.02. The average molecular weight is 331 g/mol. The molecular weight excluding hydrogens is 314 g/mol. The van der Waals surface area contributed by atoms with E-state index in [0.717, 1.165) is 28.0 Å². The van der Waals surface area contributed by atoms with Gasteiger partial charge in [0.1, 0.15) is 24.4 Å². The van der Waals surface area contributed by atoms with Gasteiger partial charge in [-0.15, -0.1) is 0 Å². The van der Waals surface area contributed by atoms with Gasteiger partial charge in [0.05, 0.1) is 18.1 Å². The number of fused-ring (bicyclic) bond motifs is 1. The van der Waals surface area contributed by atoms with Crippen LogP contribution in [0.1, 0.15) is 5.56 Å². The Morgan fingerprint density at radius 1 is 0.920 bits per heavy atom. The number of pyridine rings is 1. The van der Waals surface area contributed by atoms with E-state index >= 15 is 0 Å². The van der Waals surface area contributed by atoms with Gasteiger partial charge in [-0.25, -0.2) is 9.97 Å². The third kappa shape index (κ3) is 3.04. The third-order valence-corrected chi connectivity index (χ3v) is 4.00. The zero-order chi connectivity index (χ0) is 17.1. The van der Waals surface area contributed by atoms with Gasteiger partial charge >= 0.3 is 0 Å². The van der Waals surface area contributed by atoms with Crippen molar-refractivity contribution in [3.05, 3.63) is 78.8 Å². The van der Waals surface area contributed by atoms with Gasteiger partial charge in [0.25, 0.3) is 0 Å². The molecule has 2 aromatic carbocycles. The summed E-state index contributed by atoms with van der Waals surface area (Å²) in [6, 6.07) is 19.7. The quantitative estimate of drug-likeness (QED) is 0.554. The zero-order valence-corrected chi connectivity index (χ0v) is 13.8. The van der Waals surface area contributed by atoms with Crippen LogP contribution in [0.4, 0.5) is 0 Å². The maximum atomic E-state index is 5.97. The highest BCUT2D eigenvalue weighted by molar-refractivity contribution is 5.77. The molecule has 0 N–H and O–H groups in total. The van der Waals surface area contributed by atoms with E-state index in [0.29, 0.717) is 12.5 Å². The minimum Gasteiger partial charge on any atom is -0.497 e. The molecule has 0 saturated carbocycles. The van der Waals surface area contributed by atoms with Crippen molar-refractivity contribution < 1.29 is 9.47 Å². The number of imidazole rings is 1. The standard InChI is InChI=1S/C20H17N3O2/c1-24-16-10-8-15(9-11-16)13-25-20-19(7-4-12-21-20)23-14-22-17-5-2-3-6-18(17)23/h2-12,14H,13H2,1H3. The fourth-order valence-electron chi connectivity index (χ4n) is 2.70. The second-order valence-corrected chi connectivity index (χ2v) is 5.57. The van der Waals surface area contributed by atoms with Crippen molar-refractivity contribution in [1.29, 1.82) is 0 Å².